The Hall–Kier alpha value is -0.0600. The number of hydrogen-bond donors (Lipinski definition) is 2. The second kappa shape index (κ2) is 5.52. The number of carbonyl (C=O) groups is 1. The smallest absolute Gasteiger partial charge is 0.194 e. The SMILES string of the molecule is CN[C@H]1CCC[C@H](SC(=O)C(C)(C)C)[C@@H]1O. The lowest BCUT2D eigenvalue weighted by atomic mass is 9.92. The van der Waals surface area contributed by atoms with Gasteiger partial charge >= 0.3 is 0 Å². The highest BCUT2D eigenvalue weighted by atomic mass is 32.2. The van der Waals surface area contributed by atoms with Crippen molar-refractivity contribution in [1.82, 2.24) is 5.32 Å². The molecule has 3 atom stereocenters. The first-order chi connectivity index (χ1) is 7.36. The fraction of sp³-hybridized carbons (Fsp3) is 0.917. The molecule has 4 heteroatoms. The summed E-state index contributed by atoms with van der Waals surface area (Å²) in [6.45, 7) is 5.77. The molecular weight excluding hydrogens is 222 g/mol. The molecule has 0 aromatic rings. The minimum Gasteiger partial charge on any atom is -0.390 e. The van der Waals surface area contributed by atoms with Crippen LogP contribution in [-0.4, -0.2) is 34.7 Å². The van der Waals surface area contributed by atoms with Crippen molar-refractivity contribution in [1.29, 1.82) is 0 Å². The summed E-state index contributed by atoms with van der Waals surface area (Å²) in [4.78, 5) is 11.9. The molecule has 1 saturated carbocycles. The van der Waals surface area contributed by atoms with Crippen molar-refractivity contribution in [2.75, 3.05) is 7.05 Å². The summed E-state index contributed by atoms with van der Waals surface area (Å²) < 4.78 is 0. The standard InChI is InChI=1S/C12H23NO2S/c1-12(2,3)11(15)16-9-7-5-6-8(13-4)10(9)14/h8-10,13-14H,5-7H2,1-4H3/t8-,9-,10+/m0/s1. The van der Waals surface area contributed by atoms with Crippen LogP contribution in [0.1, 0.15) is 40.0 Å². The zero-order chi connectivity index (χ0) is 12.3. The molecule has 0 saturated heterocycles. The molecule has 1 fully saturated rings. The van der Waals surface area contributed by atoms with Crippen molar-refractivity contribution in [3.63, 3.8) is 0 Å². The Morgan fingerprint density at radius 1 is 1.38 bits per heavy atom. The van der Waals surface area contributed by atoms with E-state index in [-0.39, 0.29) is 21.8 Å². The van der Waals surface area contributed by atoms with E-state index >= 15 is 0 Å². The van der Waals surface area contributed by atoms with Gasteiger partial charge in [-0.3, -0.25) is 4.79 Å². The Kier molecular flexibility index (Phi) is 4.83. The van der Waals surface area contributed by atoms with Gasteiger partial charge in [-0.2, -0.15) is 0 Å². The lowest BCUT2D eigenvalue weighted by molar-refractivity contribution is -0.117. The number of aliphatic hydroxyl groups excluding tert-OH is 1. The molecule has 3 nitrogen and oxygen atoms in total. The summed E-state index contributed by atoms with van der Waals surface area (Å²) in [5.74, 6) is 0. The first kappa shape index (κ1) is 14.0. The van der Waals surface area contributed by atoms with Gasteiger partial charge in [-0.05, 0) is 19.9 Å². The van der Waals surface area contributed by atoms with Crippen molar-refractivity contribution in [2.24, 2.45) is 5.41 Å². The fourth-order valence-corrected chi connectivity index (χ4v) is 3.14. The zero-order valence-electron chi connectivity index (χ0n) is 10.6. The summed E-state index contributed by atoms with van der Waals surface area (Å²) in [7, 11) is 1.87. The predicted molar refractivity (Wildman–Crippen MR) is 68.5 cm³/mol. The molecular formula is C12H23NO2S. The molecule has 0 aromatic carbocycles. The topological polar surface area (TPSA) is 49.3 Å². The fourth-order valence-electron chi connectivity index (χ4n) is 1.90. The number of aliphatic hydroxyl groups is 1. The first-order valence-electron chi connectivity index (χ1n) is 5.92. The Bertz CT molecular complexity index is 250. The average molecular weight is 245 g/mol. The average Bonchev–Trinajstić information content (AvgIpc) is 2.19. The van der Waals surface area contributed by atoms with Crippen molar-refractivity contribution < 1.29 is 9.90 Å². The van der Waals surface area contributed by atoms with E-state index in [1.54, 1.807) is 0 Å². The van der Waals surface area contributed by atoms with Crippen molar-refractivity contribution in [2.45, 2.75) is 57.4 Å². The number of nitrogens with one attached hydrogen (secondary N) is 1. The molecule has 0 heterocycles. The van der Waals surface area contributed by atoms with E-state index in [1.807, 2.05) is 27.8 Å². The minimum atomic E-state index is -0.407. The molecule has 0 bridgehead atoms. The molecule has 2 N–H and O–H groups in total. The number of hydrogen-bond acceptors (Lipinski definition) is 4. The van der Waals surface area contributed by atoms with E-state index in [4.69, 9.17) is 0 Å². The van der Waals surface area contributed by atoms with Crippen LogP contribution in [0.3, 0.4) is 0 Å². The highest BCUT2D eigenvalue weighted by Gasteiger charge is 2.35. The number of rotatable bonds is 2. The van der Waals surface area contributed by atoms with Crippen LogP contribution in [0.5, 0.6) is 0 Å². The minimum absolute atomic E-state index is 0.0536. The lowest BCUT2D eigenvalue weighted by Crippen LogP contribution is -2.47. The van der Waals surface area contributed by atoms with Crippen LogP contribution in [-0.2, 0) is 4.79 Å². The van der Waals surface area contributed by atoms with Gasteiger partial charge < -0.3 is 10.4 Å². The van der Waals surface area contributed by atoms with Gasteiger partial charge in [-0.15, -0.1) is 0 Å². The number of likely N-dealkylation sites (N-methyl/N-ethyl adjacent to an activating group) is 1. The molecule has 1 aliphatic carbocycles. The molecule has 0 spiro atoms. The first-order valence-corrected chi connectivity index (χ1v) is 6.80. The highest BCUT2D eigenvalue weighted by Crippen LogP contribution is 2.34. The Labute approximate surface area is 102 Å². The van der Waals surface area contributed by atoms with Crippen LogP contribution in [0.25, 0.3) is 0 Å². The van der Waals surface area contributed by atoms with Crippen LogP contribution in [0.2, 0.25) is 0 Å². The highest BCUT2D eigenvalue weighted by molar-refractivity contribution is 8.14. The van der Waals surface area contributed by atoms with E-state index in [2.05, 4.69) is 5.32 Å². The largest absolute Gasteiger partial charge is 0.390 e. The summed E-state index contributed by atoms with van der Waals surface area (Å²) in [5.41, 5.74) is -0.322. The second-order valence-electron chi connectivity index (χ2n) is 5.51. The maximum absolute atomic E-state index is 11.9. The third kappa shape index (κ3) is 3.47. The van der Waals surface area contributed by atoms with Gasteiger partial charge in [0.1, 0.15) is 0 Å². The molecule has 0 radical (unpaired) electrons. The predicted octanol–water partition coefficient (Wildman–Crippen LogP) is 1.79. The van der Waals surface area contributed by atoms with Crippen molar-refractivity contribution in [3.8, 4) is 0 Å². The quantitative estimate of drug-likeness (QED) is 0.779. The van der Waals surface area contributed by atoms with Crippen molar-refractivity contribution >= 4 is 16.9 Å². The van der Waals surface area contributed by atoms with E-state index in [1.165, 1.54) is 11.8 Å². The van der Waals surface area contributed by atoms with E-state index < -0.39 is 6.10 Å². The van der Waals surface area contributed by atoms with E-state index in [0.717, 1.165) is 19.3 Å². The molecule has 0 unspecified atom stereocenters. The number of thioether (sulfide) groups is 1. The summed E-state index contributed by atoms with van der Waals surface area (Å²) in [6.07, 6.45) is 2.61. The summed E-state index contributed by atoms with van der Waals surface area (Å²) in [5, 5.41) is 13.5. The molecule has 0 amide bonds. The Morgan fingerprint density at radius 2 is 2.00 bits per heavy atom. The van der Waals surface area contributed by atoms with Gasteiger partial charge in [0.05, 0.1) is 6.10 Å². The third-order valence-corrected chi connectivity index (χ3v) is 4.68. The van der Waals surface area contributed by atoms with Crippen LogP contribution < -0.4 is 5.32 Å². The van der Waals surface area contributed by atoms with E-state index in [9.17, 15) is 9.90 Å². The Morgan fingerprint density at radius 3 is 2.50 bits per heavy atom. The maximum atomic E-state index is 11.9. The number of carbonyl (C=O) groups excluding carboxylic acids is 1. The van der Waals surface area contributed by atoms with Gasteiger partial charge in [-0.25, -0.2) is 0 Å². The van der Waals surface area contributed by atoms with Gasteiger partial charge in [0, 0.05) is 16.7 Å². The van der Waals surface area contributed by atoms with Crippen molar-refractivity contribution in [3.05, 3.63) is 0 Å². The van der Waals surface area contributed by atoms with Gasteiger partial charge in [-0.1, -0.05) is 39.0 Å². The molecule has 0 aromatic heterocycles. The maximum Gasteiger partial charge on any atom is 0.194 e. The molecule has 1 aliphatic rings. The summed E-state index contributed by atoms with van der Waals surface area (Å²) in [6, 6.07) is 0.138. The second-order valence-corrected chi connectivity index (χ2v) is 6.72. The van der Waals surface area contributed by atoms with Gasteiger partial charge in [0.2, 0.25) is 0 Å². The molecule has 94 valence electrons. The summed E-state index contributed by atoms with van der Waals surface area (Å²) >= 11 is 1.33. The van der Waals surface area contributed by atoms with Crippen LogP contribution >= 0.6 is 11.8 Å². The van der Waals surface area contributed by atoms with Gasteiger partial charge in [0.15, 0.2) is 5.12 Å². The van der Waals surface area contributed by atoms with E-state index in [0.29, 0.717) is 0 Å². The van der Waals surface area contributed by atoms with Crippen LogP contribution in [0, 0.1) is 5.41 Å². The van der Waals surface area contributed by atoms with Gasteiger partial charge in [0.25, 0.3) is 0 Å². The van der Waals surface area contributed by atoms with Crippen LogP contribution in [0.4, 0.5) is 0 Å². The molecule has 1 rings (SSSR count). The monoisotopic (exact) mass is 245 g/mol. The molecule has 0 aliphatic heterocycles. The third-order valence-electron chi connectivity index (χ3n) is 3.04. The normalized spacial score (nSPS) is 31.4. The zero-order valence-corrected chi connectivity index (χ0v) is 11.4. The lowest BCUT2D eigenvalue weighted by Gasteiger charge is -2.34. The Balaban J connectivity index is 2.57. The molecule has 16 heavy (non-hydrogen) atoms. The van der Waals surface area contributed by atoms with Crippen LogP contribution in [0.15, 0.2) is 0 Å².